The van der Waals surface area contributed by atoms with Crippen LogP contribution in [0, 0.1) is 13.8 Å². The molecule has 0 atom stereocenters. The first-order valence-electron chi connectivity index (χ1n) is 8.03. The van der Waals surface area contributed by atoms with Crippen molar-refractivity contribution in [2.24, 2.45) is 0 Å². The zero-order valence-corrected chi connectivity index (χ0v) is 14.5. The van der Waals surface area contributed by atoms with E-state index in [1.54, 1.807) is 14.0 Å². The average molecular weight is 336 g/mol. The molecule has 0 bridgehead atoms. The Bertz CT molecular complexity index is 882. The van der Waals surface area contributed by atoms with E-state index in [0.717, 1.165) is 22.4 Å². The fourth-order valence-corrected chi connectivity index (χ4v) is 2.67. The lowest BCUT2D eigenvalue weighted by atomic mass is 10.1. The van der Waals surface area contributed by atoms with Crippen LogP contribution in [0.25, 0.3) is 11.3 Å². The van der Waals surface area contributed by atoms with Crippen molar-refractivity contribution in [3.8, 4) is 17.1 Å². The molecule has 0 unspecified atom stereocenters. The number of hydrogen-bond donors (Lipinski definition) is 1. The van der Waals surface area contributed by atoms with Crippen LogP contribution in [0.15, 0.2) is 53.1 Å². The third-order valence-corrected chi connectivity index (χ3v) is 3.98. The number of methoxy groups -OCH3 is 1. The molecule has 0 aliphatic carbocycles. The largest absolute Gasteiger partial charge is 0.497 e. The van der Waals surface area contributed by atoms with Crippen molar-refractivity contribution in [2.45, 2.75) is 20.4 Å². The van der Waals surface area contributed by atoms with Crippen molar-refractivity contribution in [3.05, 3.63) is 70.9 Å². The van der Waals surface area contributed by atoms with Gasteiger partial charge in [-0.15, -0.1) is 0 Å². The van der Waals surface area contributed by atoms with Crippen molar-refractivity contribution in [3.63, 3.8) is 0 Å². The van der Waals surface area contributed by atoms with Gasteiger partial charge >= 0.3 is 0 Å². The molecule has 5 heteroatoms. The van der Waals surface area contributed by atoms with E-state index in [4.69, 9.17) is 9.26 Å². The Morgan fingerprint density at radius 3 is 2.60 bits per heavy atom. The van der Waals surface area contributed by atoms with Crippen LogP contribution in [0.1, 0.15) is 27.2 Å². The first kappa shape index (κ1) is 16.8. The summed E-state index contributed by atoms with van der Waals surface area (Å²) in [4.78, 5) is 12.7. The predicted octanol–water partition coefficient (Wildman–Crippen LogP) is 3.90. The topological polar surface area (TPSA) is 64.4 Å². The van der Waals surface area contributed by atoms with Crippen molar-refractivity contribution in [1.29, 1.82) is 0 Å². The van der Waals surface area contributed by atoms with Crippen molar-refractivity contribution in [1.82, 2.24) is 10.5 Å². The van der Waals surface area contributed by atoms with Crippen molar-refractivity contribution < 1.29 is 14.1 Å². The minimum Gasteiger partial charge on any atom is -0.497 e. The standard InChI is InChI=1S/C20H20N2O3/c1-13-5-4-6-15(11-13)12-21-20(23)18-14(2)22-25-19(18)16-7-9-17(24-3)10-8-16/h4-11H,12H2,1-3H3,(H,21,23). The Balaban J connectivity index is 1.81. The monoisotopic (exact) mass is 336 g/mol. The summed E-state index contributed by atoms with van der Waals surface area (Å²) in [5.74, 6) is 0.999. The predicted molar refractivity (Wildman–Crippen MR) is 95.6 cm³/mol. The molecule has 3 aromatic rings. The number of rotatable bonds is 5. The van der Waals surface area contributed by atoms with Gasteiger partial charge in [-0.25, -0.2) is 0 Å². The maximum absolute atomic E-state index is 12.7. The smallest absolute Gasteiger partial charge is 0.257 e. The molecular weight excluding hydrogens is 316 g/mol. The molecular formula is C20H20N2O3. The summed E-state index contributed by atoms with van der Waals surface area (Å²) in [6.45, 7) is 4.24. The molecule has 3 rings (SSSR count). The van der Waals surface area contributed by atoms with E-state index in [9.17, 15) is 4.79 Å². The molecule has 25 heavy (non-hydrogen) atoms. The third-order valence-electron chi connectivity index (χ3n) is 3.98. The highest BCUT2D eigenvalue weighted by Crippen LogP contribution is 2.27. The molecule has 0 saturated carbocycles. The summed E-state index contributed by atoms with van der Waals surface area (Å²) in [5, 5.41) is 6.90. The van der Waals surface area contributed by atoms with E-state index in [1.807, 2.05) is 55.5 Å². The molecule has 1 heterocycles. The highest BCUT2D eigenvalue weighted by molar-refractivity contribution is 6.00. The number of amides is 1. The molecule has 0 fully saturated rings. The summed E-state index contributed by atoms with van der Waals surface area (Å²) in [6, 6.07) is 15.4. The van der Waals surface area contributed by atoms with E-state index in [-0.39, 0.29) is 5.91 Å². The third kappa shape index (κ3) is 3.71. The number of carbonyl (C=O) groups is 1. The number of benzene rings is 2. The van der Waals surface area contributed by atoms with Gasteiger partial charge in [0.25, 0.3) is 5.91 Å². The van der Waals surface area contributed by atoms with E-state index < -0.39 is 0 Å². The minimum absolute atomic E-state index is 0.203. The van der Waals surface area contributed by atoms with Crippen LogP contribution in [-0.4, -0.2) is 18.2 Å². The van der Waals surface area contributed by atoms with Gasteiger partial charge < -0.3 is 14.6 Å². The first-order valence-corrected chi connectivity index (χ1v) is 8.03. The molecule has 1 N–H and O–H groups in total. The number of aryl methyl sites for hydroxylation is 2. The van der Waals surface area contributed by atoms with Crippen molar-refractivity contribution >= 4 is 5.91 Å². The first-order chi connectivity index (χ1) is 12.1. The minimum atomic E-state index is -0.203. The van der Waals surface area contributed by atoms with E-state index >= 15 is 0 Å². The van der Waals surface area contributed by atoms with Crippen LogP contribution in [-0.2, 0) is 6.54 Å². The molecule has 0 aliphatic heterocycles. The molecule has 2 aromatic carbocycles. The summed E-state index contributed by atoms with van der Waals surface area (Å²) < 4.78 is 10.6. The van der Waals surface area contributed by atoms with Crippen molar-refractivity contribution in [2.75, 3.05) is 7.11 Å². The Labute approximate surface area is 146 Å². The number of nitrogens with zero attached hydrogens (tertiary/aromatic N) is 1. The number of ether oxygens (including phenoxy) is 1. The number of nitrogens with one attached hydrogen (secondary N) is 1. The maximum Gasteiger partial charge on any atom is 0.257 e. The second kappa shape index (κ2) is 7.21. The van der Waals surface area contributed by atoms with Gasteiger partial charge in [-0.1, -0.05) is 35.0 Å². The van der Waals surface area contributed by atoms with Gasteiger partial charge in [0.1, 0.15) is 11.3 Å². The molecule has 0 spiro atoms. The lowest BCUT2D eigenvalue weighted by Gasteiger charge is -2.07. The number of carbonyl (C=O) groups excluding carboxylic acids is 1. The van der Waals surface area contributed by atoms with Gasteiger partial charge in [0.05, 0.1) is 12.8 Å². The number of aromatic nitrogens is 1. The molecule has 1 aromatic heterocycles. The normalized spacial score (nSPS) is 10.5. The van der Waals surface area contributed by atoms with Crippen LogP contribution < -0.4 is 10.1 Å². The Morgan fingerprint density at radius 1 is 1.16 bits per heavy atom. The Morgan fingerprint density at radius 2 is 1.92 bits per heavy atom. The van der Waals surface area contributed by atoms with E-state index in [2.05, 4.69) is 10.5 Å². The fourth-order valence-electron chi connectivity index (χ4n) is 2.67. The fraction of sp³-hybridized carbons (Fsp3) is 0.200. The van der Waals surface area contributed by atoms with Gasteiger partial charge in [-0.2, -0.15) is 0 Å². The second-order valence-corrected chi connectivity index (χ2v) is 5.87. The Kier molecular flexibility index (Phi) is 4.84. The van der Waals surface area contributed by atoms with Crippen LogP contribution in [0.3, 0.4) is 0 Å². The van der Waals surface area contributed by atoms with Gasteiger partial charge in [-0.05, 0) is 43.7 Å². The number of hydrogen-bond acceptors (Lipinski definition) is 4. The lowest BCUT2D eigenvalue weighted by Crippen LogP contribution is -2.23. The van der Waals surface area contributed by atoms with Crippen LogP contribution in [0.5, 0.6) is 5.75 Å². The molecule has 0 radical (unpaired) electrons. The second-order valence-electron chi connectivity index (χ2n) is 5.87. The molecule has 1 amide bonds. The molecule has 0 saturated heterocycles. The molecule has 0 aliphatic rings. The van der Waals surface area contributed by atoms with Crippen LogP contribution in [0.2, 0.25) is 0 Å². The highest BCUT2D eigenvalue weighted by Gasteiger charge is 2.21. The summed E-state index contributed by atoms with van der Waals surface area (Å²) in [6.07, 6.45) is 0. The van der Waals surface area contributed by atoms with E-state index in [0.29, 0.717) is 23.6 Å². The average Bonchev–Trinajstić information content (AvgIpc) is 3.01. The zero-order valence-electron chi connectivity index (χ0n) is 14.5. The lowest BCUT2D eigenvalue weighted by molar-refractivity contribution is 0.0950. The van der Waals surface area contributed by atoms with Gasteiger partial charge in [0, 0.05) is 12.1 Å². The van der Waals surface area contributed by atoms with Gasteiger partial charge in [0.15, 0.2) is 5.76 Å². The SMILES string of the molecule is COc1ccc(-c2onc(C)c2C(=O)NCc2cccc(C)c2)cc1. The molecule has 128 valence electrons. The maximum atomic E-state index is 12.7. The molecule has 5 nitrogen and oxygen atoms in total. The van der Waals surface area contributed by atoms with Crippen LogP contribution >= 0.6 is 0 Å². The highest BCUT2D eigenvalue weighted by atomic mass is 16.5. The van der Waals surface area contributed by atoms with E-state index in [1.165, 1.54) is 0 Å². The summed E-state index contributed by atoms with van der Waals surface area (Å²) in [5.41, 5.74) is 4.01. The quantitative estimate of drug-likeness (QED) is 0.767. The Hall–Kier alpha value is -3.08. The van der Waals surface area contributed by atoms with Gasteiger partial charge in [-0.3, -0.25) is 4.79 Å². The van der Waals surface area contributed by atoms with Crippen LogP contribution in [0.4, 0.5) is 0 Å². The zero-order chi connectivity index (χ0) is 17.8. The summed E-state index contributed by atoms with van der Waals surface area (Å²) in [7, 11) is 1.61. The summed E-state index contributed by atoms with van der Waals surface area (Å²) >= 11 is 0. The van der Waals surface area contributed by atoms with Gasteiger partial charge in [0.2, 0.25) is 0 Å².